The van der Waals surface area contributed by atoms with E-state index in [4.69, 9.17) is 18.9 Å². The van der Waals surface area contributed by atoms with E-state index in [1.165, 1.54) is 0 Å². The zero-order chi connectivity index (χ0) is 15.6. The van der Waals surface area contributed by atoms with Crippen LogP contribution in [0.1, 0.15) is 20.8 Å². The molecule has 0 aromatic rings. The fourth-order valence-corrected chi connectivity index (χ4v) is 2.97. The Kier molecular flexibility index (Phi) is 3.08. The number of carbonyl (C=O) groups excluding carboxylic acids is 1. The van der Waals surface area contributed by atoms with Gasteiger partial charge in [0.15, 0.2) is 12.1 Å². The van der Waals surface area contributed by atoms with Crippen molar-refractivity contribution in [1.29, 1.82) is 0 Å². The van der Waals surface area contributed by atoms with Crippen molar-refractivity contribution in [1.82, 2.24) is 5.32 Å². The smallest absolute Gasteiger partial charge is 0.347 e. The molecule has 0 aliphatic carbocycles. The standard InChI is InChI=1S/C12H16F3NO5/c1-10(2)19-6-5(16-9(17)12(13,14)15)8-18-4-11(3,21-8)7(6)20-10/h5-8H,4H2,1-3H3,(H,16,17)/t5-,6-,7-,8+,11+/m1/s1. The zero-order valence-corrected chi connectivity index (χ0v) is 11.7. The fourth-order valence-electron chi connectivity index (χ4n) is 2.97. The van der Waals surface area contributed by atoms with Crippen LogP contribution in [0.2, 0.25) is 0 Å². The lowest BCUT2D eigenvalue weighted by molar-refractivity contribution is -0.200. The second kappa shape index (κ2) is 4.31. The van der Waals surface area contributed by atoms with Crippen molar-refractivity contribution in [2.24, 2.45) is 0 Å². The van der Waals surface area contributed by atoms with E-state index < -0.39 is 48.0 Å². The van der Waals surface area contributed by atoms with Gasteiger partial charge in [0.2, 0.25) is 0 Å². The lowest BCUT2D eigenvalue weighted by Gasteiger charge is -2.40. The molecule has 5 atom stereocenters. The number of alkyl halides is 3. The van der Waals surface area contributed by atoms with Crippen LogP contribution in [0, 0.1) is 0 Å². The topological polar surface area (TPSA) is 66.0 Å². The van der Waals surface area contributed by atoms with Gasteiger partial charge < -0.3 is 24.3 Å². The number of ether oxygens (including phenoxy) is 4. The molecule has 0 spiro atoms. The average Bonchev–Trinajstić information content (AvgIpc) is 2.84. The third-order valence-corrected chi connectivity index (χ3v) is 3.85. The Balaban J connectivity index is 1.85. The third-order valence-electron chi connectivity index (χ3n) is 3.85. The Bertz CT molecular complexity index is 468. The number of hydrogen-bond acceptors (Lipinski definition) is 5. The number of hydrogen-bond donors (Lipinski definition) is 1. The molecule has 0 unspecified atom stereocenters. The lowest BCUT2D eigenvalue weighted by Crippen LogP contribution is -2.64. The molecule has 6 nitrogen and oxygen atoms in total. The molecule has 3 heterocycles. The molecule has 9 heteroatoms. The first-order chi connectivity index (χ1) is 9.52. The van der Waals surface area contributed by atoms with Crippen molar-refractivity contribution in [3.8, 4) is 0 Å². The summed E-state index contributed by atoms with van der Waals surface area (Å²) in [6.45, 7) is 5.23. The highest BCUT2D eigenvalue weighted by atomic mass is 19.4. The number of carbonyl (C=O) groups is 1. The molecule has 0 aromatic carbocycles. The molecule has 120 valence electrons. The molecule has 3 aliphatic heterocycles. The van der Waals surface area contributed by atoms with E-state index in [0.29, 0.717) is 0 Å². The monoisotopic (exact) mass is 311 g/mol. The van der Waals surface area contributed by atoms with Gasteiger partial charge in [0.05, 0.1) is 6.61 Å². The van der Waals surface area contributed by atoms with E-state index >= 15 is 0 Å². The molecule has 1 N–H and O–H groups in total. The maximum absolute atomic E-state index is 12.5. The summed E-state index contributed by atoms with van der Waals surface area (Å²) >= 11 is 0. The zero-order valence-electron chi connectivity index (χ0n) is 11.7. The average molecular weight is 311 g/mol. The molecule has 3 rings (SSSR count). The van der Waals surface area contributed by atoms with Gasteiger partial charge >= 0.3 is 12.1 Å². The van der Waals surface area contributed by atoms with Gasteiger partial charge in [0, 0.05) is 0 Å². The van der Waals surface area contributed by atoms with Crippen molar-refractivity contribution in [3.63, 3.8) is 0 Å². The van der Waals surface area contributed by atoms with Crippen LogP contribution in [0.3, 0.4) is 0 Å². The molecule has 0 radical (unpaired) electrons. The van der Waals surface area contributed by atoms with Gasteiger partial charge in [-0.1, -0.05) is 0 Å². The minimum absolute atomic E-state index is 0.163. The van der Waals surface area contributed by atoms with Crippen molar-refractivity contribution >= 4 is 5.91 Å². The summed E-state index contributed by atoms with van der Waals surface area (Å²) in [5.74, 6) is -3.02. The molecule has 21 heavy (non-hydrogen) atoms. The summed E-state index contributed by atoms with van der Waals surface area (Å²) in [5, 5.41) is 1.89. The molecule has 3 fully saturated rings. The third kappa shape index (κ3) is 2.41. The first kappa shape index (κ1) is 15.0. The molecule has 3 saturated heterocycles. The SMILES string of the molecule is CC1(C)O[C@@H]2[C@@H](NC(=O)C(F)(F)F)[C@H]3OC[C@](C)(O3)[C@@H]2O1. The lowest BCUT2D eigenvalue weighted by atomic mass is 9.89. The summed E-state index contributed by atoms with van der Waals surface area (Å²) in [6, 6.07) is -1.08. The molecular weight excluding hydrogens is 295 g/mol. The summed E-state index contributed by atoms with van der Waals surface area (Å²) < 4.78 is 59.7. The minimum Gasteiger partial charge on any atom is -0.347 e. The van der Waals surface area contributed by atoms with Gasteiger partial charge in [0.25, 0.3) is 0 Å². The van der Waals surface area contributed by atoms with Crippen LogP contribution in [-0.2, 0) is 23.7 Å². The Morgan fingerprint density at radius 1 is 1.19 bits per heavy atom. The fraction of sp³-hybridized carbons (Fsp3) is 0.917. The number of amides is 1. The van der Waals surface area contributed by atoms with Crippen LogP contribution in [0.15, 0.2) is 0 Å². The summed E-state index contributed by atoms with van der Waals surface area (Å²) in [4.78, 5) is 11.2. The second-order valence-electron chi connectivity index (χ2n) is 6.13. The quantitative estimate of drug-likeness (QED) is 0.772. The Labute approximate surface area is 118 Å². The van der Waals surface area contributed by atoms with Gasteiger partial charge in [-0.25, -0.2) is 0 Å². The Morgan fingerprint density at radius 3 is 2.48 bits per heavy atom. The van der Waals surface area contributed by atoms with E-state index in [9.17, 15) is 18.0 Å². The second-order valence-corrected chi connectivity index (χ2v) is 6.13. The van der Waals surface area contributed by atoms with Crippen LogP contribution in [-0.4, -0.2) is 54.6 Å². The van der Waals surface area contributed by atoms with Gasteiger partial charge in [0.1, 0.15) is 23.9 Å². The molecule has 0 aromatic heterocycles. The van der Waals surface area contributed by atoms with Gasteiger partial charge in [-0.05, 0) is 20.8 Å². The van der Waals surface area contributed by atoms with Crippen LogP contribution in [0.5, 0.6) is 0 Å². The maximum atomic E-state index is 12.5. The van der Waals surface area contributed by atoms with E-state index in [2.05, 4.69) is 0 Å². The first-order valence-electron chi connectivity index (χ1n) is 6.55. The molecular formula is C12H16F3NO5. The summed E-state index contributed by atoms with van der Waals surface area (Å²) in [5.41, 5.74) is -0.803. The number of nitrogens with one attached hydrogen (secondary N) is 1. The highest BCUT2D eigenvalue weighted by molar-refractivity contribution is 5.82. The van der Waals surface area contributed by atoms with E-state index in [1.54, 1.807) is 20.8 Å². The highest BCUT2D eigenvalue weighted by Gasteiger charge is 2.64. The molecule has 3 aliphatic rings. The van der Waals surface area contributed by atoms with Gasteiger partial charge in [-0.3, -0.25) is 4.79 Å². The van der Waals surface area contributed by atoms with Gasteiger partial charge in [-0.2, -0.15) is 13.2 Å². The predicted octanol–water partition coefficient (Wildman–Crippen LogP) is 0.699. The number of halogens is 3. The minimum atomic E-state index is -4.98. The molecule has 2 bridgehead atoms. The van der Waals surface area contributed by atoms with E-state index in [-0.39, 0.29) is 6.61 Å². The Morgan fingerprint density at radius 2 is 1.86 bits per heavy atom. The van der Waals surface area contributed by atoms with Crippen molar-refractivity contribution < 1.29 is 36.9 Å². The highest BCUT2D eigenvalue weighted by Crippen LogP contribution is 2.46. The van der Waals surface area contributed by atoms with Crippen molar-refractivity contribution in [2.45, 2.75) is 62.9 Å². The van der Waals surface area contributed by atoms with E-state index in [0.717, 1.165) is 0 Å². The van der Waals surface area contributed by atoms with Crippen LogP contribution in [0.25, 0.3) is 0 Å². The maximum Gasteiger partial charge on any atom is 0.471 e. The Hall–Kier alpha value is -0.900. The largest absolute Gasteiger partial charge is 0.471 e. The number of fused-ring (bicyclic) bond motifs is 4. The summed E-state index contributed by atoms with van der Waals surface area (Å²) in [6.07, 6.45) is -7.36. The normalized spacial score (nSPS) is 44.5. The first-order valence-corrected chi connectivity index (χ1v) is 6.55. The molecule has 1 amide bonds. The summed E-state index contributed by atoms with van der Waals surface area (Å²) in [7, 11) is 0. The van der Waals surface area contributed by atoms with Crippen LogP contribution < -0.4 is 5.32 Å². The predicted molar refractivity (Wildman–Crippen MR) is 61.0 cm³/mol. The van der Waals surface area contributed by atoms with Crippen LogP contribution in [0.4, 0.5) is 13.2 Å². The van der Waals surface area contributed by atoms with Crippen molar-refractivity contribution in [3.05, 3.63) is 0 Å². The number of rotatable bonds is 1. The van der Waals surface area contributed by atoms with Crippen LogP contribution >= 0.6 is 0 Å². The van der Waals surface area contributed by atoms with Crippen molar-refractivity contribution in [2.75, 3.05) is 6.61 Å². The van der Waals surface area contributed by atoms with E-state index in [1.807, 2.05) is 5.32 Å². The van der Waals surface area contributed by atoms with Gasteiger partial charge in [-0.15, -0.1) is 0 Å². The molecule has 0 saturated carbocycles.